The van der Waals surface area contributed by atoms with E-state index in [9.17, 15) is 4.79 Å². The second-order valence-electron chi connectivity index (χ2n) is 7.42. The minimum absolute atomic E-state index is 0.0507. The van der Waals surface area contributed by atoms with Crippen molar-refractivity contribution in [2.75, 3.05) is 26.9 Å². The van der Waals surface area contributed by atoms with E-state index in [1.165, 1.54) is 0 Å². The van der Waals surface area contributed by atoms with Gasteiger partial charge in [-0.25, -0.2) is 0 Å². The second-order valence-corrected chi connectivity index (χ2v) is 8.21. The number of methoxy groups -OCH3 is 1. The van der Waals surface area contributed by atoms with Crippen LogP contribution >= 0.6 is 23.2 Å². The van der Waals surface area contributed by atoms with Gasteiger partial charge in [-0.1, -0.05) is 35.3 Å². The molecular formula is C22H22Cl2N2O4. The Balaban J connectivity index is 1.67. The van der Waals surface area contributed by atoms with E-state index in [2.05, 4.69) is 5.32 Å². The SMILES string of the molecule is COc1ccc2c(cc(C(=O)NC3(c4ccc(CCO)cc4Cl)COC3)n2C)c1Cl. The number of amides is 1. The topological polar surface area (TPSA) is 72.7 Å². The molecular weight excluding hydrogens is 427 g/mol. The molecule has 0 aliphatic carbocycles. The quantitative estimate of drug-likeness (QED) is 0.602. The lowest BCUT2D eigenvalue weighted by Crippen LogP contribution is -2.59. The molecule has 0 unspecified atom stereocenters. The monoisotopic (exact) mass is 448 g/mol. The first-order valence-electron chi connectivity index (χ1n) is 9.52. The summed E-state index contributed by atoms with van der Waals surface area (Å²) in [5.74, 6) is 0.308. The number of halogens is 2. The van der Waals surface area contributed by atoms with E-state index in [1.54, 1.807) is 23.8 Å². The van der Waals surface area contributed by atoms with E-state index < -0.39 is 5.54 Å². The molecule has 0 atom stereocenters. The fourth-order valence-corrected chi connectivity index (χ4v) is 4.52. The predicted octanol–water partition coefficient (Wildman–Crippen LogP) is 3.68. The van der Waals surface area contributed by atoms with Crippen LogP contribution in [0.1, 0.15) is 21.6 Å². The molecule has 1 aromatic heterocycles. The van der Waals surface area contributed by atoms with E-state index in [1.807, 2.05) is 31.3 Å². The summed E-state index contributed by atoms with van der Waals surface area (Å²) in [4.78, 5) is 13.2. The van der Waals surface area contributed by atoms with Gasteiger partial charge in [0.2, 0.25) is 0 Å². The molecule has 1 aliphatic rings. The van der Waals surface area contributed by atoms with Gasteiger partial charge in [-0.2, -0.15) is 0 Å². The Morgan fingerprint density at radius 1 is 1.27 bits per heavy atom. The van der Waals surface area contributed by atoms with Crippen LogP contribution in [-0.2, 0) is 23.7 Å². The summed E-state index contributed by atoms with van der Waals surface area (Å²) < 4.78 is 12.5. The number of rotatable bonds is 6. The number of nitrogens with one attached hydrogen (secondary N) is 1. The van der Waals surface area contributed by atoms with E-state index in [0.717, 1.165) is 22.0 Å². The number of hydrogen-bond acceptors (Lipinski definition) is 4. The van der Waals surface area contributed by atoms with E-state index in [0.29, 0.717) is 41.1 Å². The van der Waals surface area contributed by atoms with Gasteiger partial charge < -0.3 is 24.5 Å². The van der Waals surface area contributed by atoms with Crippen LogP contribution in [-0.4, -0.2) is 42.5 Å². The highest BCUT2D eigenvalue weighted by atomic mass is 35.5. The lowest BCUT2D eigenvalue weighted by atomic mass is 9.87. The fourth-order valence-electron chi connectivity index (χ4n) is 3.85. The van der Waals surface area contributed by atoms with Crippen LogP contribution in [0.3, 0.4) is 0 Å². The van der Waals surface area contributed by atoms with Gasteiger partial charge in [0, 0.05) is 29.6 Å². The minimum Gasteiger partial charge on any atom is -0.495 e. The molecule has 1 amide bonds. The van der Waals surface area contributed by atoms with E-state index in [-0.39, 0.29) is 12.5 Å². The number of nitrogens with zero attached hydrogens (tertiary/aromatic N) is 1. The summed E-state index contributed by atoms with van der Waals surface area (Å²) in [7, 11) is 3.38. The van der Waals surface area contributed by atoms with E-state index in [4.69, 9.17) is 37.8 Å². The molecule has 1 aliphatic heterocycles. The van der Waals surface area contributed by atoms with Crippen molar-refractivity contribution in [1.29, 1.82) is 0 Å². The second kappa shape index (κ2) is 8.12. The fraction of sp³-hybridized carbons (Fsp3) is 0.318. The van der Waals surface area contributed by atoms with Crippen molar-refractivity contribution < 1.29 is 19.4 Å². The van der Waals surface area contributed by atoms with Crippen LogP contribution in [0.25, 0.3) is 10.9 Å². The molecule has 1 fully saturated rings. The third-order valence-corrected chi connectivity index (χ3v) is 6.28. The molecule has 158 valence electrons. The zero-order chi connectivity index (χ0) is 21.5. The Kier molecular flexibility index (Phi) is 5.68. The van der Waals surface area contributed by atoms with Gasteiger partial charge >= 0.3 is 0 Å². The summed E-state index contributed by atoms with van der Waals surface area (Å²) in [6, 6.07) is 11.0. The van der Waals surface area contributed by atoms with Crippen LogP contribution in [0.2, 0.25) is 10.0 Å². The number of benzene rings is 2. The maximum absolute atomic E-state index is 13.2. The summed E-state index contributed by atoms with van der Waals surface area (Å²) in [5, 5.41) is 14.0. The predicted molar refractivity (Wildman–Crippen MR) is 117 cm³/mol. The van der Waals surface area contributed by atoms with Crippen LogP contribution < -0.4 is 10.1 Å². The Labute approximate surface area is 184 Å². The average Bonchev–Trinajstić information content (AvgIpc) is 3.03. The van der Waals surface area contributed by atoms with Gasteiger partial charge in [-0.3, -0.25) is 4.79 Å². The lowest BCUT2D eigenvalue weighted by Gasteiger charge is -2.43. The van der Waals surface area contributed by atoms with Crippen molar-refractivity contribution in [3.63, 3.8) is 0 Å². The number of aliphatic hydroxyl groups is 1. The molecule has 6 nitrogen and oxygen atoms in total. The van der Waals surface area contributed by atoms with Crippen molar-refractivity contribution in [2.45, 2.75) is 12.0 Å². The number of carbonyl (C=O) groups excluding carboxylic acids is 1. The number of aromatic nitrogens is 1. The summed E-state index contributed by atoms with van der Waals surface area (Å²) in [6.45, 7) is 0.710. The molecule has 30 heavy (non-hydrogen) atoms. The molecule has 0 saturated carbocycles. The maximum atomic E-state index is 13.2. The van der Waals surface area contributed by atoms with E-state index >= 15 is 0 Å². The van der Waals surface area contributed by atoms with Crippen molar-refractivity contribution in [1.82, 2.24) is 9.88 Å². The number of aliphatic hydroxyl groups excluding tert-OH is 1. The zero-order valence-corrected chi connectivity index (χ0v) is 18.2. The first-order valence-corrected chi connectivity index (χ1v) is 10.3. The average molecular weight is 449 g/mol. The molecule has 3 aromatic rings. The summed E-state index contributed by atoms with van der Waals surface area (Å²) >= 11 is 13.0. The van der Waals surface area contributed by atoms with Crippen LogP contribution in [0.5, 0.6) is 5.75 Å². The smallest absolute Gasteiger partial charge is 0.268 e. The zero-order valence-electron chi connectivity index (χ0n) is 16.7. The van der Waals surface area contributed by atoms with Crippen molar-refractivity contribution in [3.8, 4) is 5.75 Å². The first kappa shape index (κ1) is 21.0. The largest absolute Gasteiger partial charge is 0.495 e. The van der Waals surface area contributed by atoms with Gasteiger partial charge in [0.1, 0.15) is 17.0 Å². The van der Waals surface area contributed by atoms with Gasteiger partial charge in [-0.05, 0) is 36.2 Å². The van der Waals surface area contributed by atoms with Crippen LogP contribution in [0, 0.1) is 0 Å². The third kappa shape index (κ3) is 3.44. The Bertz CT molecular complexity index is 1120. The molecule has 2 N–H and O–H groups in total. The molecule has 0 spiro atoms. The Morgan fingerprint density at radius 3 is 2.63 bits per heavy atom. The third-order valence-electron chi connectivity index (χ3n) is 5.58. The molecule has 0 bridgehead atoms. The molecule has 8 heteroatoms. The highest BCUT2D eigenvalue weighted by Gasteiger charge is 2.43. The van der Waals surface area contributed by atoms with Crippen LogP contribution in [0.4, 0.5) is 0 Å². The van der Waals surface area contributed by atoms with Crippen molar-refractivity contribution in [3.05, 3.63) is 63.3 Å². The van der Waals surface area contributed by atoms with Gasteiger partial charge in [0.15, 0.2) is 0 Å². The molecule has 0 radical (unpaired) electrons. The van der Waals surface area contributed by atoms with Gasteiger partial charge in [0.05, 0.1) is 30.9 Å². The minimum atomic E-state index is -0.705. The highest BCUT2D eigenvalue weighted by Crippen LogP contribution is 2.37. The Hall–Kier alpha value is -2.25. The van der Waals surface area contributed by atoms with Gasteiger partial charge in [-0.15, -0.1) is 0 Å². The lowest BCUT2D eigenvalue weighted by molar-refractivity contribution is -0.0734. The van der Waals surface area contributed by atoms with Crippen molar-refractivity contribution >= 4 is 40.0 Å². The maximum Gasteiger partial charge on any atom is 0.268 e. The highest BCUT2D eigenvalue weighted by molar-refractivity contribution is 6.37. The Morgan fingerprint density at radius 2 is 2.03 bits per heavy atom. The van der Waals surface area contributed by atoms with Gasteiger partial charge in [0.25, 0.3) is 5.91 Å². The number of ether oxygens (including phenoxy) is 2. The first-order chi connectivity index (χ1) is 14.4. The molecule has 1 saturated heterocycles. The number of aryl methyl sites for hydroxylation is 1. The molecule has 4 rings (SSSR count). The number of carbonyl (C=O) groups is 1. The standard InChI is InChI=1S/C22H22Cl2N2O4/c1-26-17-5-6-19(29-2)20(24)14(17)10-18(26)21(28)25-22(11-30-12-22)15-4-3-13(7-8-27)9-16(15)23/h3-6,9-10,27H,7-8,11-12H2,1-2H3,(H,25,28). The molecule has 2 aromatic carbocycles. The normalized spacial score (nSPS) is 15.1. The number of hydrogen-bond donors (Lipinski definition) is 2. The molecule has 2 heterocycles. The van der Waals surface area contributed by atoms with Crippen LogP contribution in [0.15, 0.2) is 36.4 Å². The summed E-state index contributed by atoms with van der Waals surface area (Å²) in [5.41, 5.74) is 2.33. The number of fused-ring (bicyclic) bond motifs is 1. The van der Waals surface area contributed by atoms with Crippen molar-refractivity contribution in [2.24, 2.45) is 7.05 Å². The summed E-state index contributed by atoms with van der Waals surface area (Å²) in [6.07, 6.45) is 0.524.